The number of ether oxygens (including phenoxy) is 1. The van der Waals surface area contributed by atoms with Crippen LogP contribution in [0.25, 0.3) is 22.3 Å². The van der Waals surface area contributed by atoms with E-state index in [1.165, 1.54) is 6.07 Å². The molecule has 0 spiro atoms. The van der Waals surface area contributed by atoms with Gasteiger partial charge in [-0.15, -0.1) is 0 Å². The van der Waals surface area contributed by atoms with Crippen LogP contribution in [0.1, 0.15) is 0 Å². The predicted molar refractivity (Wildman–Crippen MR) is 127 cm³/mol. The summed E-state index contributed by atoms with van der Waals surface area (Å²) in [5.74, 6) is 1.49. The molecule has 0 bridgehead atoms. The molecular formula is C24H26FN7O. The van der Waals surface area contributed by atoms with Crippen molar-refractivity contribution in [3.05, 3.63) is 60.4 Å². The van der Waals surface area contributed by atoms with E-state index in [1.807, 2.05) is 30.3 Å². The van der Waals surface area contributed by atoms with Gasteiger partial charge >= 0.3 is 0 Å². The maximum atomic E-state index is 14.6. The van der Waals surface area contributed by atoms with Crippen molar-refractivity contribution in [3.8, 4) is 17.0 Å². The third-order valence-corrected chi connectivity index (χ3v) is 5.93. The Kier molecular flexibility index (Phi) is 5.78. The molecule has 1 aliphatic heterocycles. The quantitative estimate of drug-likeness (QED) is 0.486. The third-order valence-electron chi connectivity index (χ3n) is 5.93. The Morgan fingerprint density at radius 3 is 2.45 bits per heavy atom. The molecule has 0 radical (unpaired) electrons. The van der Waals surface area contributed by atoms with Crippen LogP contribution >= 0.6 is 0 Å². The van der Waals surface area contributed by atoms with E-state index >= 15 is 0 Å². The summed E-state index contributed by atoms with van der Waals surface area (Å²) in [6.07, 6.45) is 0. The van der Waals surface area contributed by atoms with Crippen LogP contribution in [0.3, 0.4) is 0 Å². The van der Waals surface area contributed by atoms with Gasteiger partial charge in [-0.05, 0) is 24.3 Å². The predicted octanol–water partition coefficient (Wildman–Crippen LogP) is 2.95. The van der Waals surface area contributed by atoms with Gasteiger partial charge in [0, 0.05) is 45.3 Å². The highest BCUT2D eigenvalue weighted by atomic mass is 19.1. The number of nitrogens with zero attached hydrogens (tertiary/aromatic N) is 6. The maximum Gasteiger partial charge on any atom is 0.228 e. The highest BCUT2D eigenvalue weighted by molar-refractivity contribution is 5.99. The molecule has 170 valence electrons. The fraction of sp³-hybridized carbons (Fsp3) is 0.292. The molecule has 3 heterocycles. The third kappa shape index (κ3) is 4.31. The van der Waals surface area contributed by atoms with Crippen molar-refractivity contribution in [2.45, 2.75) is 0 Å². The molecule has 2 aromatic heterocycles. The summed E-state index contributed by atoms with van der Waals surface area (Å²) in [4.78, 5) is 13.9. The van der Waals surface area contributed by atoms with Gasteiger partial charge in [-0.1, -0.05) is 30.3 Å². The molecule has 0 aliphatic carbocycles. The molecular weight excluding hydrogens is 421 g/mol. The Morgan fingerprint density at radius 1 is 0.970 bits per heavy atom. The lowest BCUT2D eigenvalue weighted by Crippen LogP contribution is -2.48. The number of rotatable bonds is 6. The number of aryl methyl sites for hydroxylation is 1. The molecule has 2 aromatic carbocycles. The number of hydrogen-bond acceptors (Lipinski definition) is 7. The molecule has 0 saturated carbocycles. The topological polar surface area (TPSA) is 85.3 Å². The normalized spacial score (nSPS) is 14.7. The second kappa shape index (κ2) is 9.03. The lowest BCUT2D eigenvalue weighted by molar-refractivity contribution is 0.200. The number of benzene rings is 2. The van der Waals surface area contributed by atoms with E-state index in [2.05, 4.69) is 19.9 Å². The van der Waals surface area contributed by atoms with Gasteiger partial charge in [0.1, 0.15) is 24.0 Å². The monoisotopic (exact) mass is 447 g/mol. The molecule has 1 aliphatic rings. The van der Waals surface area contributed by atoms with Crippen LogP contribution in [0, 0.1) is 5.82 Å². The molecule has 9 heteroatoms. The smallest absolute Gasteiger partial charge is 0.228 e. The fourth-order valence-corrected chi connectivity index (χ4v) is 4.07. The van der Waals surface area contributed by atoms with Crippen molar-refractivity contribution in [2.75, 3.05) is 50.0 Å². The van der Waals surface area contributed by atoms with E-state index in [0.29, 0.717) is 40.7 Å². The molecule has 5 rings (SSSR count). The number of piperazine rings is 1. The average molecular weight is 448 g/mol. The lowest BCUT2D eigenvalue weighted by atomic mass is 10.1. The molecule has 4 aromatic rings. The molecule has 33 heavy (non-hydrogen) atoms. The molecule has 0 amide bonds. The van der Waals surface area contributed by atoms with E-state index in [4.69, 9.17) is 15.5 Å². The summed E-state index contributed by atoms with van der Waals surface area (Å²) in [6, 6.07) is 16.4. The number of para-hydroxylation sites is 1. The summed E-state index contributed by atoms with van der Waals surface area (Å²) in [5, 5.41) is 5.01. The number of hydrogen-bond donors (Lipinski definition) is 1. The highest BCUT2D eigenvalue weighted by Gasteiger charge is 2.24. The SMILES string of the molecule is Cn1nc2nc(N3CCN(CCOc4ccccc4)CC3)nc(-c3ccccc3F)c2c1N. The largest absolute Gasteiger partial charge is 0.492 e. The van der Waals surface area contributed by atoms with Gasteiger partial charge in [0.2, 0.25) is 5.95 Å². The first-order valence-electron chi connectivity index (χ1n) is 11.0. The minimum absolute atomic E-state index is 0.352. The van der Waals surface area contributed by atoms with Crippen LogP contribution < -0.4 is 15.4 Å². The van der Waals surface area contributed by atoms with Crippen LogP contribution in [0.2, 0.25) is 0 Å². The van der Waals surface area contributed by atoms with Crippen LogP contribution in [0.15, 0.2) is 54.6 Å². The van der Waals surface area contributed by atoms with Gasteiger partial charge in [-0.3, -0.25) is 9.58 Å². The number of halogens is 1. The first-order chi connectivity index (χ1) is 16.1. The van der Waals surface area contributed by atoms with Crippen molar-refractivity contribution in [1.29, 1.82) is 0 Å². The summed E-state index contributed by atoms with van der Waals surface area (Å²) in [7, 11) is 1.75. The Morgan fingerprint density at radius 2 is 1.70 bits per heavy atom. The zero-order chi connectivity index (χ0) is 22.8. The molecule has 2 N–H and O–H groups in total. The van der Waals surface area contributed by atoms with E-state index in [9.17, 15) is 4.39 Å². The van der Waals surface area contributed by atoms with E-state index in [0.717, 1.165) is 38.5 Å². The van der Waals surface area contributed by atoms with Gasteiger partial charge < -0.3 is 15.4 Å². The molecule has 0 unspecified atom stereocenters. The molecule has 8 nitrogen and oxygen atoms in total. The van der Waals surface area contributed by atoms with Crippen molar-refractivity contribution in [2.24, 2.45) is 7.05 Å². The summed E-state index contributed by atoms with van der Waals surface area (Å²) in [5.41, 5.74) is 7.56. The van der Waals surface area contributed by atoms with Gasteiger partial charge in [-0.25, -0.2) is 9.37 Å². The fourth-order valence-electron chi connectivity index (χ4n) is 4.07. The van der Waals surface area contributed by atoms with Crippen molar-refractivity contribution >= 4 is 22.8 Å². The summed E-state index contributed by atoms with van der Waals surface area (Å²) < 4.78 is 22.0. The molecule has 1 fully saturated rings. The number of aromatic nitrogens is 4. The Labute approximate surface area is 191 Å². The number of fused-ring (bicyclic) bond motifs is 1. The van der Waals surface area contributed by atoms with Gasteiger partial charge in [0.05, 0.1) is 11.1 Å². The molecule has 0 atom stereocenters. The van der Waals surface area contributed by atoms with E-state index in [-0.39, 0.29) is 5.82 Å². The average Bonchev–Trinajstić information content (AvgIpc) is 3.13. The summed E-state index contributed by atoms with van der Waals surface area (Å²) in [6.45, 7) is 4.72. The Bertz CT molecular complexity index is 1250. The number of nitrogen functional groups attached to an aromatic ring is 1. The van der Waals surface area contributed by atoms with Crippen LogP contribution in [-0.4, -0.2) is 64.0 Å². The number of anilines is 2. The van der Waals surface area contributed by atoms with E-state index in [1.54, 1.807) is 29.9 Å². The zero-order valence-corrected chi connectivity index (χ0v) is 18.5. The van der Waals surface area contributed by atoms with Crippen molar-refractivity contribution in [3.63, 3.8) is 0 Å². The van der Waals surface area contributed by atoms with Crippen LogP contribution in [0.4, 0.5) is 16.2 Å². The first kappa shape index (κ1) is 21.1. The van der Waals surface area contributed by atoms with Gasteiger partial charge in [-0.2, -0.15) is 10.1 Å². The van der Waals surface area contributed by atoms with Crippen molar-refractivity contribution < 1.29 is 9.13 Å². The van der Waals surface area contributed by atoms with Gasteiger partial charge in [0.15, 0.2) is 5.65 Å². The Balaban J connectivity index is 1.33. The first-order valence-corrected chi connectivity index (χ1v) is 11.0. The van der Waals surface area contributed by atoms with E-state index < -0.39 is 0 Å². The molecule has 1 saturated heterocycles. The minimum Gasteiger partial charge on any atom is -0.492 e. The number of nitrogens with two attached hydrogens (primary N) is 1. The maximum absolute atomic E-state index is 14.6. The Hall–Kier alpha value is -3.72. The zero-order valence-electron chi connectivity index (χ0n) is 18.5. The van der Waals surface area contributed by atoms with Crippen molar-refractivity contribution in [1.82, 2.24) is 24.6 Å². The highest BCUT2D eigenvalue weighted by Crippen LogP contribution is 2.33. The minimum atomic E-state index is -0.352. The second-order valence-corrected chi connectivity index (χ2v) is 8.05. The second-order valence-electron chi connectivity index (χ2n) is 8.05. The standard InChI is InChI=1S/C24H26FN7O/c1-30-22(26)20-21(18-9-5-6-10-19(18)25)27-24(28-23(20)29-30)32-13-11-31(12-14-32)15-16-33-17-7-3-2-4-8-17/h2-10H,11-16,26H2,1H3. The van der Waals surface area contributed by atoms with Crippen LogP contribution in [-0.2, 0) is 7.05 Å². The lowest BCUT2D eigenvalue weighted by Gasteiger charge is -2.34. The van der Waals surface area contributed by atoms with Gasteiger partial charge in [0.25, 0.3) is 0 Å². The van der Waals surface area contributed by atoms with Crippen LogP contribution in [0.5, 0.6) is 5.75 Å². The summed E-state index contributed by atoms with van der Waals surface area (Å²) >= 11 is 0.